The highest BCUT2D eigenvalue weighted by atomic mass is 16.6. The summed E-state index contributed by atoms with van der Waals surface area (Å²) in [5, 5.41) is 33.0. The molecular weight excluding hydrogens is 330 g/mol. The van der Waals surface area contributed by atoms with E-state index in [0.29, 0.717) is 18.5 Å². The molecule has 0 bridgehead atoms. The van der Waals surface area contributed by atoms with Gasteiger partial charge in [0.15, 0.2) is 17.7 Å². The molecule has 2 N–H and O–H groups in total. The molecule has 0 saturated carbocycles. The molecule has 2 heterocycles. The first kappa shape index (κ1) is 19.8. The van der Waals surface area contributed by atoms with Crippen LogP contribution in [-0.4, -0.2) is 70.3 Å². The van der Waals surface area contributed by atoms with Gasteiger partial charge in [0.25, 0.3) is 0 Å². The van der Waals surface area contributed by atoms with Crippen molar-refractivity contribution in [1.82, 2.24) is 0 Å². The van der Waals surface area contributed by atoms with Crippen LogP contribution in [0.1, 0.15) is 34.1 Å². The fraction of sp³-hybridized carbons (Fsp3) is 0.765. The van der Waals surface area contributed by atoms with Crippen molar-refractivity contribution in [2.24, 2.45) is 5.92 Å². The maximum Gasteiger partial charge on any atom is 0.341 e. The van der Waals surface area contributed by atoms with Crippen molar-refractivity contribution < 1.29 is 33.9 Å². The summed E-state index contributed by atoms with van der Waals surface area (Å²) >= 11 is 0. The predicted molar refractivity (Wildman–Crippen MR) is 87.8 cm³/mol. The number of hydrogen-bond acceptors (Lipinski definition) is 7. The lowest BCUT2D eigenvalue weighted by Crippen LogP contribution is -2.53. The van der Waals surface area contributed by atoms with Crippen molar-refractivity contribution in [1.29, 1.82) is 0 Å². The summed E-state index contributed by atoms with van der Waals surface area (Å²) in [4.78, 5) is 23.6. The van der Waals surface area contributed by atoms with Crippen molar-refractivity contribution in [3.63, 3.8) is 0 Å². The Morgan fingerprint density at radius 3 is 2.60 bits per heavy atom. The molecule has 8 heteroatoms. The molecule has 0 aliphatic carbocycles. The largest absolute Gasteiger partial charge is 0.632 e. The van der Waals surface area contributed by atoms with E-state index in [1.165, 1.54) is 13.8 Å². The van der Waals surface area contributed by atoms with Gasteiger partial charge in [-0.25, -0.2) is 4.79 Å². The fourth-order valence-electron chi connectivity index (χ4n) is 3.72. The Kier molecular flexibility index (Phi) is 5.58. The van der Waals surface area contributed by atoms with E-state index in [0.717, 1.165) is 0 Å². The Morgan fingerprint density at radius 2 is 2.08 bits per heavy atom. The zero-order chi connectivity index (χ0) is 19.0. The standard InChI is InChI=1S/C17H27NO7/c1-10(2)17(22,11(3)19)16(21)24-9-13-5-7-18(23)8-6-14(15(13)18)25-12(4)20/h5,10-11,14-15,19,22H,6-9H2,1-4H3/t11-,14-,15+,17+,18?/m1/s1. The van der Waals surface area contributed by atoms with Crippen LogP contribution in [0.5, 0.6) is 0 Å². The number of ether oxygens (including phenoxy) is 2. The summed E-state index contributed by atoms with van der Waals surface area (Å²) in [6.45, 7) is 6.22. The Morgan fingerprint density at radius 1 is 1.44 bits per heavy atom. The molecule has 142 valence electrons. The first-order valence-electron chi connectivity index (χ1n) is 8.54. The Labute approximate surface area is 147 Å². The summed E-state index contributed by atoms with van der Waals surface area (Å²) in [6, 6.07) is -0.588. The van der Waals surface area contributed by atoms with E-state index in [4.69, 9.17) is 9.47 Å². The van der Waals surface area contributed by atoms with E-state index in [-0.39, 0.29) is 13.2 Å². The number of aliphatic hydroxyl groups is 2. The predicted octanol–water partition coefficient (Wildman–Crippen LogP) is 0.256. The molecule has 8 nitrogen and oxygen atoms in total. The molecule has 1 fully saturated rings. The maximum atomic E-state index is 12.8. The number of quaternary nitrogens is 1. The molecule has 2 aliphatic heterocycles. The monoisotopic (exact) mass is 357 g/mol. The highest BCUT2D eigenvalue weighted by Crippen LogP contribution is 2.38. The van der Waals surface area contributed by atoms with Crippen LogP contribution >= 0.6 is 0 Å². The summed E-state index contributed by atoms with van der Waals surface area (Å²) in [6.07, 6.45) is 0.329. The average molecular weight is 357 g/mol. The first-order chi connectivity index (χ1) is 11.5. The first-order valence-corrected chi connectivity index (χ1v) is 8.54. The fourth-order valence-corrected chi connectivity index (χ4v) is 3.72. The topological polar surface area (TPSA) is 116 Å². The minimum atomic E-state index is -2.02. The van der Waals surface area contributed by atoms with Crippen LogP contribution < -0.4 is 0 Å². The number of carbonyl (C=O) groups excluding carboxylic acids is 2. The number of esters is 2. The molecule has 0 aromatic rings. The Hall–Kier alpha value is -1.48. The SMILES string of the molecule is CC(=O)O[C@@H]1CC[N+]2([O-])CC=C(COC(=O)[C@](O)(C(C)C)[C@@H](C)O)[C@@H]12. The van der Waals surface area contributed by atoms with Gasteiger partial charge in [0.1, 0.15) is 6.61 Å². The molecule has 0 aromatic carbocycles. The number of carbonyl (C=O) groups is 2. The second-order valence-corrected chi connectivity index (χ2v) is 7.25. The van der Waals surface area contributed by atoms with Gasteiger partial charge in [-0.2, -0.15) is 0 Å². The molecule has 5 atom stereocenters. The zero-order valence-electron chi connectivity index (χ0n) is 15.1. The van der Waals surface area contributed by atoms with E-state index >= 15 is 0 Å². The molecule has 0 radical (unpaired) electrons. The van der Waals surface area contributed by atoms with Gasteiger partial charge in [-0.05, 0) is 18.9 Å². The average Bonchev–Trinajstić information content (AvgIpc) is 2.99. The van der Waals surface area contributed by atoms with Crippen molar-refractivity contribution >= 4 is 11.9 Å². The third-order valence-electron chi connectivity index (χ3n) is 5.23. The van der Waals surface area contributed by atoms with E-state index in [1.54, 1.807) is 19.9 Å². The Balaban J connectivity index is 2.08. The number of fused-ring (bicyclic) bond motifs is 1. The van der Waals surface area contributed by atoms with Crippen LogP contribution in [0, 0.1) is 11.1 Å². The second-order valence-electron chi connectivity index (χ2n) is 7.25. The number of hydrogen-bond donors (Lipinski definition) is 2. The normalized spacial score (nSPS) is 31.9. The van der Waals surface area contributed by atoms with Crippen molar-refractivity contribution in [3.05, 3.63) is 16.9 Å². The number of hydroxylamine groups is 3. The van der Waals surface area contributed by atoms with Gasteiger partial charge in [0, 0.05) is 18.9 Å². The lowest BCUT2D eigenvalue weighted by atomic mass is 9.85. The Bertz CT molecular complexity index is 563. The lowest BCUT2D eigenvalue weighted by Gasteiger charge is -2.40. The molecule has 25 heavy (non-hydrogen) atoms. The van der Waals surface area contributed by atoms with Crippen molar-refractivity contribution in [2.45, 2.75) is 58.0 Å². The van der Waals surface area contributed by atoms with Crippen LogP contribution in [0.3, 0.4) is 0 Å². The quantitative estimate of drug-likeness (QED) is 0.303. The van der Waals surface area contributed by atoms with Gasteiger partial charge in [-0.1, -0.05) is 13.8 Å². The number of nitrogens with zero attached hydrogens (tertiary/aromatic N) is 1. The summed E-state index contributed by atoms with van der Waals surface area (Å²) in [7, 11) is 0. The molecule has 0 amide bonds. The summed E-state index contributed by atoms with van der Waals surface area (Å²) < 4.78 is 9.94. The molecule has 0 spiro atoms. The highest BCUT2D eigenvalue weighted by Gasteiger charge is 2.51. The molecule has 1 saturated heterocycles. The molecule has 2 aliphatic rings. The molecular formula is C17H27NO7. The number of aliphatic hydroxyl groups excluding tert-OH is 1. The van der Waals surface area contributed by atoms with Crippen molar-refractivity contribution in [3.8, 4) is 0 Å². The maximum absolute atomic E-state index is 12.8. The third-order valence-corrected chi connectivity index (χ3v) is 5.23. The van der Waals surface area contributed by atoms with Gasteiger partial charge >= 0.3 is 11.9 Å². The third kappa shape index (κ3) is 3.57. The summed E-state index contributed by atoms with van der Waals surface area (Å²) in [5.74, 6) is -1.94. The van der Waals surface area contributed by atoms with E-state index in [9.17, 15) is 25.0 Å². The van der Waals surface area contributed by atoms with Gasteiger partial charge in [0.05, 0.1) is 19.2 Å². The van der Waals surface area contributed by atoms with Crippen LogP contribution in [0.15, 0.2) is 11.6 Å². The smallest absolute Gasteiger partial charge is 0.341 e. The minimum absolute atomic E-state index is 0.175. The van der Waals surface area contributed by atoms with Crippen molar-refractivity contribution in [2.75, 3.05) is 19.7 Å². The molecule has 1 unspecified atom stereocenters. The molecule has 0 aromatic heterocycles. The van der Waals surface area contributed by atoms with Gasteiger partial charge in [-0.15, -0.1) is 0 Å². The lowest BCUT2D eigenvalue weighted by molar-refractivity contribution is -0.877. The van der Waals surface area contributed by atoms with Crippen LogP contribution in [-0.2, 0) is 19.1 Å². The van der Waals surface area contributed by atoms with Crippen LogP contribution in [0.2, 0.25) is 0 Å². The zero-order valence-corrected chi connectivity index (χ0v) is 15.1. The molecule has 2 rings (SSSR count). The second kappa shape index (κ2) is 7.03. The van der Waals surface area contributed by atoms with E-state index in [1.807, 2.05) is 0 Å². The van der Waals surface area contributed by atoms with Crippen LogP contribution in [0.4, 0.5) is 0 Å². The van der Waals surface area contributed by atoms with Gasteiger partial charge < -0.3 is 29.5 Å². The van der Waals surface area contributed by atoms with E-state index in [2.05, 4.69) is 0 Å². The highest BCUT2D eigenvalue weighted by molar-refractivity contribution is 5.80. The summed E-state index contributed by atoms with van der Waals surface area (Å²) in [5.41, 5.74) is -1.43. The number of rotatable bonds is 6. The van der Waals surface area contributed by atoms with E-state index < -0.39 is 46.4 Å². The van der Waals surface area contributed by atoms with Gasteiger partial charge in [-0.3, -0.25) is 4.79 Å². The van der Waals surface area contributed by atoms with Gasteiger partial charge in [0.2, 0.25) is 0 Å². The minimum Gasteiger partial charge on any atom is -0.632 e. The van der Waals surface area contributed by atoms with Crippen LogP contribution in [0.25, 0.3) is 0 Å².